The van der Waals surface area contributed by atoms with Crippen LogP contribution in [0.3, 0.4) is 0 Å². The molecule has 82 valence electrons. The van der Waals surface area contributed by atoms with Crippen LogP contribution in [-0.2, 0) is 4.79 Å². The summed E-state index contributed by atoms with van der Waals surface area (Å²) in [6, 6.07) is 0. The Kier molecular flexibility index (Phi) is 3.20. The lowest BCUT2D eigenvalue weighted by atomic mass is 9.76. The van der Waals surface area contributed by atoms with Crippen LogP contribution >= 0.6 is 0 Å². The summed E-state index contributed by atoms with van der Waals surface area (Å²) in [6.07, 6.45) is 3.75. The van der Waals surface area contributed by atoms with Crippen LogP contribution in [0.4, 0.5) is 0 Å². The molecule has 1 aliphatic rings. The van der Waals surface area contributed by atoms with E-state index < -0.39 is 0 Å². The first kappa shape index (κ1) is 11.5. The zero-order valence-electron chi connectivity index (χ0n) is 9.39. The average molecular weight is 199 g/mol. The number of nitrogens with one attached hydrogen (secondary N) is 1. The van der Waals surface area contributed by atoms with Gasteiger partial charge in [0.25, 0.3) is 0 Å². The highest BCUT2D eigenvalue weighted by molar-refractivity contribution is 5.82. The first-order valence-corrected chi connectivity index (χ1v) is 5.39. The van der Waals surface area contributed by atoms with Gasteiger partial charge < -0.3 is 10.4 Å². The average Bonchev–Trinajstić information content (AvgIpc) is 2.10. The van der Waals surface area contributed by atoms with Gasteiger partial charge in [-0.25, -0.2) is 0 Å². The molecule has 3 nitrogen and oxygen atoms in total. The van der Waals surface area contributed by atoms with Crippen molar-refractivity contribution in [2.75, 3.05) is 6.61 Å². The smallest absolute Gasteiger partial charge is 0.226 e. The van der Waals surface area contributed by atoms with Crippen molar-refractivity contribution in [2.45, 2.75) is 52.0 Å². The molecule has 0 bridgehead atoms. The van der Waals surface area contributed by atoms with E-state index in [9.17, 15) is 9.90 Å². The number of hydrogen-bond acceptors (Lipinski definition) is 2. The van der Waals surface area contributed by atoms with E-state index in [1.807, 2.05) is 20.8 Å². The molecule has 0 spiro atoms. The third-order valence-electron chi connectivity index (χ3n) is 3.49. The van der Waals surface area contributed by atoms with Crippen molar-refractivity contribution in [3.63, 3.8) is 0 Å². The second-order valence-corrected chi connectivity index (χ2v) is 4.98. The summed E-state index contributed by atoms with van der Waals surface area (Å²) in [5, 5.41) is 12.2. The number of amides is 1. The number of rotatable bonds is 4. The van der Waals surface area contributed by atoms with Crippen LogP contribution < -0.4 is 5.32 Å². The van der Waals surface area contributed by atoms with Crippen molar-refractivity contribution >= 4 is 5.91 Å². The van der Waals surface area contributed by atoms with Gasteiger partial charge in [-0.05, 0) is 25.7 Å². The van der Waals surface area contributed by atoms with Crippen molar-refractivity contribution in [3.05, 3.63) is 0 Å². The summed E-state index contributed by atoms with van der Waals surface area (Å²) < 4.78 is 0. The van der Waals surface area contributed by atoms with Gasteiger partial charge in [0.05, 0.1) is 12.1 Å². The van der Waals surface area contributed by atoms with Gasteiger partial charge in [0.1, 0.15) is 0 Å². The normalized spacial score (nSPS) is 20.0. The molecule has 1 fully saturated rings. The molecule has 0 atom stereocenters. The van der Waals surface area contributed by atoms with Crippen molar-refractivity contribution in [2.24, 2.45) is 5.41 Å². The fourth-order valence-electron chi connectivity index (χ4n) is 1.50. The number of carbonyl (C=O) groups excluding carboxylic acids is 1. The van der Waals surface area contributed by atoms with Crippen molar-refractivity contribution in [1.29, 1.82) is 0 Å². The van der Waals surface area contributed by atoms with Gasteiger partial charge in [0.2, 0.25) is 5.91 Å². The molecule has 1 saturated carbocycles. The maximum atomic E-state index is 11.8. The van der Waals surface area contributed by atoms with Gasteiger partial charge in [-0.15, -0.1) is 0 Å². The molecular weight excluding hydrogens is 178 g/mol. The van der Waals surface area contributed by atoms with Crippen LogP contribution in [0.25, 0.3) is 0 Å². The molecule has 1 aliphatic carbocycles. The van der Waals surface area contributed by atoms with Gasteiger partial charge >= 0.3 is 0 Å². The highest BCUT2D eigenvalue weighted by Gasteiger charge is 2.40. The highest BCUT2D eigenvalue weighted by atomic mass is 16.3. The summed E-state index contributed by atoms with van der Waals surface area (Å²) in [4.78, 5) is 11.8. The summed E-state index contributed by atoms with van der Waals surface area (Å²) in [7, 11) is 0. The minimum absolute atomic E-state index is 0.0637. The van der Waals surface area contributed by atoms with Gasteiger partial charge in [0, 0.05) is 5.41 Å². The van der Waals surface area contributed by atoms with E-state index in [4.69, 9.17) is 0 Å². The third kappa shape index (κ3) is 2.08. The predicted molar refractivity (Wildman–Crippen MR) is 55.9 cm³/mol. The molecule has 0 aromatic rings. The second-order valence-electron chi connectivity index (χ2n) is 4.98. The molecule has 0 heterocycles. The number of carbonyl (C=O) groups is 1. The van der Waals surface area contributed by atoms with Gasteiger partial charge in [0.15, 0.2) is 0 Å². The van der Waals surface area contributed by atoms with Crippen LogP contribution in [-0.4, -0.2) is 23.2 Å². The lowest BCUT2D eigenvalue weighted by molar-refractivity contribution is -0.133. The molecule has 0 aliphatic heterocycles. The van der Waals surface area contributed by atoms with E-state index in [1.54, 1.807) is 0 Å². The van der Waals surface area contributed by atoms with Crippen molar-refractivity contribution in [1.82, 2.24) is 5.32 Å². The summed E-state index contributed by atoms with van der Waals surface area (Å²) in [5.74, 6) is 0.0637. The maximum absolute atomic E-state index is 11.8. The monoisotopic (exact) mass is 199 g/mol. The van der Waals surface area contributed by atoms with E-state index in [0.717, 1.165) is 25.7 Å². The predicted octanol–water partition coefficient (Wildman–Crippen LogP) is 1.45. The van der Waals surface area contributed by atoms with Crippen LogP contribution in [0.15, 0.2) is 0 Å². The molecule has 0 unspecified atom stereocenters. The highest BCUT2D eigenvalue weighted by Crippen LogP contribution is 2.33. The van der Waals surface area contributed by atoms with Crippen LogP contribution in [0.1, 0.15) is 46.5 Å². The van der Waals surface area contributed by atoms with Crippen LogP contribution in [0, 0.1) is 5.41 Å². The SMILES string of the molecule is CCC(C)(C)C(=O)NC1(CO)CCC1. The topological polar surface area (TPSA) is 49.3 Å². The van der Waals surface area contributed by atoms with E-state index in [1.165, 1.54) is 0 Å². The minimum Gasteiger partial charge on any atom is -0.394 e. The van der Waals surface area contributed by atoms with Crippen molar-refractivity contribution < 1.29 is 9.90 Å². The molecule has 1 rings (SSSR count). The van der Waals surface area contributed by atoms with E-state index in [2.05, 4.69) is 5.32 Å². The number of aliphatic hydroxyl groups excluding tert-OH is 1. The Morgan fingerprint density at radius 3 is 2.36 bits per heavy atom. The molecule has 3 heteroatoms. The first-order valence-electron chi connectivity index (χ1n) is 5.39. The minimum atomic E-state index is -0.322. The molecule has 0 radical (unpaired) electrons. The molecule has 14 heavy (non-hydrogen) atoms. The maximum Gasteiger partial charge on any atom is 0.226 e. The van der Waals surface area contributed by atoms with Crippen LogP contribution in [0.2, 0.25) is 0 Å². The fourth-order valence-corrected chi connectivity index (χ4v) is 1.50. The Morgan fingerprint density at radius 1 is 1.50 bits per heavy atom. The largest absolute Gasteiger partial charge is 0.394 e. The Bertz CT molecular complexity index is 214. The Hall–Kier alpha value is -0.570. The third-order valence-corrected chi connectivity index (χ3v) is 3.49. The molecule has 1 amide bonds. The van der Waals surface area contributed by atoms with E-state index in [0.29, 0.717) is 0 Å². The molecule has 0 aromatic heterocycles. The van der Waals surface area contributed by atoms with E-state index >= 15 is 0 Å². The number of aliphatic hydroxyl groups is 1. The van der Waals surface area contributed by atoms with Crippen molar-refractivity contribution in [3.8, 4) is 0 Å². The molecular formula is C11H21NO2. The second kappa shape index (κ2) is 3.89. The molecule has 0 saturated heterocycles. The Balaban J connectivity index is 2.55. The Labute approximate surface area is 85.9 Å². The van der Waals surface area contributed by atoms with Gasteiger partial charge in [-0.3, -0.25) is 4.79 Å². The summed E-state index contributed by atoms with van der Waals surface area (Å²) in [5.41, 5.74) is -0.624. The lowest BCUT2D eigenvalue weighted by Gasteiger charge is -2.42. The standard InChI is InChI=1S/C11H21NO2/c1-4-10(2,3)9(14)12-11(8-13)6-5-7-11/h13H,4-8H2,1-3H3,(H,12,14). The van der Waals surface area contributed by atoms with Gasteiger partial charge in [-0.2, -0.15) is 0 Å². The zero-order chi connectivity index (χ0) is 10.8. The zero-order valence-corrected chi connectivity index (χ0v) is 9.39. The van der Waals surface area contributed by atoms with Gasteiger partial charge in [-0.1, -0.05) is 20.8 Å². The molecule has 0 aromatic carbocycles. The Morgan fingerprint density at radius 2 is 2.07 bits per heavy atom. The molecule has 2 N–H and O–H groups in total. The quantitative estimate of drug-likeness (QED) is 0.720. The van der Waals surface area contributed by atoms with E-state index in [-0.39, 0.29) is 23.5 Å². The lowest BCUT2D eigenvalue weighted by Crippen LogP contribution is -2.58. The first-order chi connectivity index (χ1) is 6.46. The summed E-state index contributed by atoms with van der Waals surface area (Å²) in [6.45, 7) is 5.95. The van der Waals surface area contributed by atoms with Crippen LogP contribution in [0.5, 0.6) is 0 Å². The summed E-state index contributed by atoms with van der Waals surface area (Å²) >= 11 is 0. The number of hydrogen-bond donors (Lipinski definition) is 2. The fraction of sp³-hybridized carbons (Fsp3) is 0.909.